The topological polar surface area (TPSA) is 63.7 Å². The van der Waals surface area contributed by atoms with Crippen molar-refractivity contribution in [1.29, 1.82) is 0 Å². The maximum atomic E-state index is 12.9. The fourth-order valence-corrected chi connectivity index (χ4v) is 6.40. The number of rotatable bonds is 3. The van der Waals surface area contributed by atoms with Gasteiger partial charge in [0, 0.05) is 31.8 Å². The van der Waals surface area contributed by atoms with Crippen LogP contribution in [0, 0.1) is 25.2 Å². The Bertz CT molecular complexity index is 805. The van der Waals surface area contributed by atoms with E-state index >= 15 is 0 Å². The normalized spacial score (nSPS) is 26.7. The van der Waals surface area contributed by atoms with Gasteiger partial charge in [0.1, 0.15) is 21.7 Å². The SMILES string of the molecule is Cc1cccc(C)c1OC1CCN(C(=O)C2CC23CCS(=O)(=O)CC3)CC1. The lowest BCUT2D eigenvalue weighted by Gasteiger charge is -2.34. The van der Waals surface area contributed by atoms with Gasteiger partial charge in [0.2, 0.25) is 5.91 Å². The number of benzene rings is 1. The summed E-state index contributed by atoms with van der Waals surface area (Å²) >= 11 is 0. The van der Waals surface area contributed by atoms with E-state index in [-0.39, 0.29) is 34.8 Å². The van der Waals surface area contributed by atoms with Crippen molar-refractivity contribution in [3.8, 4) is 5.75 Å². The second kappa shape index (κ2) is 6.80. The molecule has 0 N–H and O–H groups in total. The zero-order valence-corrected chi connectivity index (χ0v) is 17.1. The molecule has 0 bridgehead atoms. The Morgan fingerprint density at radius 1 is 1.11 bits per heavy atom. The molecule has 1 saturated carbocycles. The second-order valence-electron chi connectivity index (χ2n) is 8.63. The number of para-hydroxylation sites is 1. The summed E-state index contributed by atoms with van der Waals surface area (Å²) in [6.45, 7) is 5.61. The Labute approximate surface area is 162 Å². The highest BCUT2D eigenvalue weighted by Crippen LogP contribution is 2.60. The summed E-state index contributed by atoms with van der Waals surface area (Å²) in [5, 5.41) is 0. The maximum absolute atomic E-state index is 12.9. The molecule has 3 aliphatic rings. The van der Waals surface area contributed by atoms with Gasteiger partial charge in [-0.15, -0.1) is 0 Å². The molecule has 6 heteroatoms. The predicted molar refractivity (Wildman–Crippen MR) is 105 cm³/mol. The van der Waals surface area contributed by atoms with E-state index < -0.39 is 9.84 Å². The second-order valence-corrected chi connectivity index (χ2v) is 10.9. The summed E-state index contributed by atoms with van der Waals surface area (Å²) in [6, 6.07) is 6.18. The lowest BCUT2D eigenvalue weighted by molar-refractivity contribution is -0.135. The lowest BCUT2D eigenvalue weighted by Crippen LogP contribution is -2.43. The summed E-state index contributed by atoms with van der Waals surface area (Å²) in [5.41, 5.74) is 2.29. The third-order valence-electron chi connectivity index (χ3n) is 6.76. The van der Waals surface area contributed by atoms with Crippen LogP contribution in [-0.2, 0) is 14.6 Å². The fraction of sp³-hybridized carbons (Fsp3) is 0.667. The number of piperidine rings is 1. The van der Waals surface area contributed by atoms with Crippen LogP contribution in [0.4, 0.5) is 0 Å². The number of carbonyl (C=O) groups excluding carboxylic acids is 1. The van der Waals surface area contributed by atoms with E-state index in [4.69, 9.17) is 4.74 Å². The van der Waals surface area contributed by atoms with Crippen molar-refractivity contribution in [2.45, 2.75) is 52.1 Å². The van der Waals surface area contributed by atoms with Crippen molar-refractivity contribution in [3.05, 3.63) is 29.3 Å². The molecule has 1 spiro atoms. The molecule has 0 radical (unpaired) electrons. The molecule has 1 amide bonds. The molecule has 0 aromatic heterocycles. The first kappa shape index (κ1) is 18.8. The van der Waals surface area contributed by atoms with Gasteiger partial charge in [0.15, 0.2) is 0 Å². The molecule has 27 heavy (non-hydrogen) atoms. The smallest absolute Gasteiger partial charge is 0.226 e. The molecule has 5 nitrogen and oxygen atoms in total. The van der Waals surface area contributed by atoms with E-state index in [1.165, 1.54) is 0 Å². The predicted octanol–water partition coefficient (Wildman–Crippen LogP) is 2.89. The third kappa shape index (κ3) is 3.73. The highest BCUT2D eigenvalue weighted by Gasteiger charge is 2.60. The molecule has 2 saturated heterocycles. The summed E-state index contributed by atoms with van der Waals surface area (Å²) < 4.78 is 29.6. The molecule has 4 rings (SSSR count). The van der Waals surface area contributed by atoms with E-state index in [1.807, 2.05) is 11.0 Å². The van der Waals surface area contributed by atoms with Crippen LogP contribution in [0.1, 0.15) is 43.2 Å². The zero-order chi connectivity index (χ0) is 19.2. The number of hydrogen-bond acceptors (Lipinski definition) is 4. The number of carbonyl (C=O) groups is 1. The first-order valence-corrected chi connectivity index (χ1v) is 11.8. The molecule has 148 valence electrons. The Morgan fingerprint density at radius 3 is 2.30 bits per heavy atom. The van der Waals surface area contributed by atoms with Gasteiger partial charge in [0.05, 0.1) is 11.5 Å². The number of ether oxygens (including phenoxy) is 1. The molecular formula is C21H29NO4S. The molecule has 1 unspecified atom stereocenters. The van der Waals surface area contributed by atoms with Gasteiger partial charge >= 0.3 is 0 Å². The van der Waals surface area contributed by atoms with Crippen LogP contribution in [0.3, 0.4) is 0 Å². The van der Waals surface area contributed by atoms with E-state index in [2.05, 4.69) is 26.0 Å². The summed E-state index contributed by atoms with van der Waals surface area (Å²) in [7, 11) is -2.87. The van der Waals surface area contributed by atoms with Gasteiger partial charge in [-0.05, 0) is 49.7 Å². The fourth-order valence-electron chi connectivity index (χ4n) is 4.76. The van der Waals surface area contributed by atoms with E-state index in [0.717, 1.165) is 49.2 Å². The van der Waals surface area contributed by atoms with E-state index in [0.29, 0.717) is 12.8 Å². The van der Waals surface area contributed by atoms with Crippen LogP contribution in [0.25, 0.3) is 0 Å². The van der Waals surface area contributed by atoms with Gasteiger partial charge in [0.25, 0.3) is 0 Å². The highest BCUT2D eigenvalue weighted by molar-refractivity contribution is 7.91. The number of aryl methyl sites for hydroxylation is 2. The molecular weight excluding hydrogens is 362 g/mol. The van der Waals surface area contributed by atoms with Gasteiger partial charge in [-0.2, -0.15) is 0 Å². The number of nitrogens with zero attached hydrogens (tertiary/aromatic N) is 1. The Kier molecular flexibility index (Phi) is 4.73. The monoisotopic (exact) mass is 391 g/mol. The maximum Gasteiger partial charge on any atom is 0.226 e. The number of sulfone groups is 1. The quantitative estimate of drug-likeness (QED) is 0.795. The third-order valence-corrected chi connectivity index (χ3v) is 8.41. The van der Waals surface area contributed by atoms with Crippen molar-refractivity contribution in [1.82, 2.24) is 4.90 Å². The van der Waals surface area contributed by atoms with Crippen molar-refractivity contribution >= 4 is 15.7 Å². The summed E-state index contributed by atoms with van der Waals surface area (Å²) in [5.74, 6) is 1.76. The number of likely N-dealkylation sites (tertiary alicyclic amines) is 1. The zero-order valence-electron chi connectivity index (χ0n) is 16.2. The molecule has 1 aromatic rings. The van der Waals surface area contributed by atoms with Crippen molar-refractivity contribution < 1.29 is 17.9 Å². The Hall–Kier alpha value is -1.56. The highest BCUT2D eigenvalue weighted by atomic mass is 32.2. The van der Waals surface area contributed by atoms with Crippen molar-refractivity contribution in [2.24, 2.45) is 11.3 Å². The average Bonchev–Trinajstić information content (AvgIpc) is 3.35. The van der Waals surface area contributed by atoms with Crippen LogP contribution in [0.2, 0.25) is 0 Å². The summed E-state index contributed by atoms with van der Waals surface area (Å²) in [4.78, 5) is 14.9. The van der Waals surface area contributed by atoms with E-state index in [1.54, 1.807) is 0 Å². The van der Waals surface area contributed by atoms with Crippen LogP contribution in [-0.4, -0.2) is 49.9 Å². The Morgan fingerprint density at radius 2 is 1.70 bits per heavy atom. The van der Waals surface area contributed by atoms with Gasteiger partial charge in [-0.1, -0.05) is 18.2 Å². The number of amides is 1. The van der Waals surface area contributed by atoms with Crippen molar-refractivity contribution in [2.75, 3.05) is 24.6 Å². The van der Waals surface area contributed by atoms with Gasteiger partial charge < -0.3 is 9.64 Å². The summed E-state index contributed by atoms with van der Waals surface area (Å²) in [6.07, 6.45) is 4.07. The minimum atomic E-state index is -2.87. The lowest BCUT2D eigenvalue weighted by atomic mass is 9.95. The van der Waals surface area contributed by atoms with Crippen LogP contribution in [0.5, 0.6) is 5.75 Å². The Balaban J connectivity index is 1.30. The average molecular weight is 392 g/mol. The molecule has 2 aliphatic heterocycles. The van der Waals surface area contributed by atoms with Crippen LogP contribution < -0.4 is 4.74 Å². The first-order chi connectivity index (χ1) is 12.8. The first-order valence-electron chi connectivity index (χ1n) is 10.0. The van der Waals surface area contributed by atoms with Crippen LogP contribution in [0.15, 0.2) is 18.2 Å². The van der Waals surface area contributed by atoms with Crippen molar-refractivity contribution in [3.63, 3.8) is 0 Å². The molecule has 3 fully saturated rings. The standard InChI is InChI=1S/C21H29NO4S/c1-15-4-3-5-16(2)19(15)26-17-6-10-22(11-7-17)20(23)18-14-21(18)8-12-27(24,25)13-9-21/h3-5,17-18H,6-14H2,1-2H3. The molecule has 1 aliphatic carbocycles. The molecule has 1 atom stereocenters. The van der Waals surface area contributed by atoms with E-state index in [9.17, 15) is 13.2 Å². The minimum absolute atomic E-state index is 0.0198. The minimum Gasteiger partial charge on any atom is -0.490 e. The molecule has 2 heterocycles. The van der Waals surface area contributed by atoms with Gasteiger partial charge in [-0.25, -0.2) is 8.42 Å². The number of hydrogen-bond donors (Lipinski definition) is 0. The molecule has 1 aromatic carbocycles. The largest absolute Gasteiger partial charge is 0.490 e. The van der Waals surface area contributed by atoms with Crippen LogP contribution >= 0.6 is 0 Å². The van der Waals surface area contributed by atoms with Gasteiger partial charge in [-0.3, -0.25) is 4.79 Å².